The molecule has 0 amide bonds. The number of hydrogen-bond donors (Lipinski definition) is 0. The predicted molar refractivity (Wildman–Crippen MR) is 42.3 cm³/mol. The summed E-state index contributed by atoms with van der Waals surface area (Å²) in [5.41, 5.74) is 3.83. The average Bonchev–Trinajstić information content (AvgIpc) is 1.89. The Morgan fingerprint density at radius 1 is 1.44 bits per heavy atom. The first-order chi connectivity index (χ1) is 4.31. The fourth-order valence-corrected chi connectivity index (χ4v) is 0.370. The molecule has 0 fully saturated rings. The molecule has 0 saturated heterocycles. The van der Waals surface area contributed by atoms with Gasteiger partial charge in [0, 0.05) is 0 Å². The van der Waals surface area contributed by atoms with Crippen LogP contribution in [0, 0.1) is 0 Å². The van der Waals surface area contributed by atoms with Crippen molar-refractivity contribution in [2.45, 2.75) is 13.8 Å². The molecule has 0 aromatic carbocycles. The van der Waals surface area contributed by atoms with Gasteiger partial charge in [0.1, 0.15) is 0 Å². The topological polar surface area (TPSA) is 0 Å². The van der Waals surface area contributed by atoms with Crippen LogP contribution in [0.1, 0.15) is 13.8 Å². The maximum Gasteiger partial charge on any atom is -0.00976 e. The molecule has 0 aliphatic rings. The van der Waals surface area contributed by atoms with Crippen molar-refractivity contribution in [3.63, 3.8) is 0 Å². The quantitative estimate of drug-likeness (QED) is 0.388. The van der Waals surface area contributed by atoms with E-state index in [9.17, 15) is 0 Å². The largest absolute Gasteiger partial charge is 0.125 e. The summed E-state index contributed by atoms with van der Waals surface area (Å²) in [6.07, 6.45) is 7.88. The lowest BCUT2D eigenvalue weighted by molar-refractivity contribution is 1.54. The molecule has 0 aromatic rings. The molecular formula is C9H12. The zero-order valence-corrected chi connectivity index (χ0v) is 6.02. The van der Waals surface area contributed by atoms with Crippen molar-refractivity contribution in [1.82, 2.24) is 0 Å². The molecular weight excluding hydrogens is 108 g/mol. The van der Waals surface area contributed by atoms with E-state index in [0.29, 0.717) is 0 Å². The van der Waals surface area contributed by atoms with E-state index in [0.717, 1.165) is 5.57 Å². The van der Waals surface area contributed by atoms with Gasteiger partial charge in [0.05, 0.1) is 0 Å². The Hall–Kier alpha value is -1.00. The maximum atomic E-state index is 3.50. The standard InChI is InChI=1S/C9H12/c1-4-6-7-8-9(3)5-2/h4,6-8H,2H2,1,3H3/b6-4-,8-7-. The van der Waals surface area contributed by atoms with Crippen LogP contribution < -0.4 is 0 Å². The van der Waals surface area contributed by atoms with E-state index >= 15 is 0 Å². The molecule has 0 spiro atoms. The average molecular weight is 120 g/mol. The maximum absolute atomic E-state index is 3.50. The molecule has 0 atom stereocenters. The van der Waals surface area contributed by atoms with Gasteiger partial charge in [-0.1, -0.05) is 30.9 Å². The van der Waals surface area contributed by atoms with Crippen molar-refractivity contribution >= 4 is 0 Å². The van der Waals surface area contributed by atoms with Crippen molar-refractivity contribution in [2.24, 2.45) is 0 Å². The second kappa shape index (κ2) is 5.14. The molecule has 0 N–H and O–H groups in total. The number of hydrogen-bond acceptors (Lipinski definition) is 0. The number of allylic oxidation sites excluding steroid dienone is 5. The first-order valence-electron chi connectivity index (χ1n) is 2.97. The Balaban J connectivity index is 3.85. The monoisotopic (exact) mass is 120 g/mol. The van der Waals surface area contributed by atoms with Crippen LogP contribution in [-0.2, 0) is 0 Å². The van der Waals surface area contributed by atoms with Gasteiger partial charge in [-0.3, -0.25) is 0 Å². The van der Waals surface area contributed by atoms with Gasteiger partial charge in [-0.05, 0) is 19.4 Å². The second-order valence-electron chi connectivity index (χ2n) is 1.74. The second-order valence-corrected chi connectivity index (χ2v) is 1.74. The van der Waals surface area contributed by atoms with E-state index in [2.05, 4.69) is 12.3 Å². The highest BCUT2D eigenvalue weighted by Gasteiger charge is 1.70. The van der Waals surface area contributed by atoms with E-state index in [-0.39, 0.29) is 0 Å². The first kappa shape index (κ1) is 8.00. The number of rotatable bonds is 2. The zero-order valence-electron chi connectivity index (χ0n) is 6.02. The third-order valence-electron chi connectivity index (χ3n) is 0.929. The van der Waals surface area contributed by atoms with Gasteiger partial charge >= 0.3 is 0 Å². The molecule has 0 aliphatic carbocycles. The molecule has 0 rings (SSSR count). The van der Waals surface area contributed by atoms with Crippen molar-refractivity contribution in [3.05, 3.63) is 42.2 Å². The summed E-state index contributed by atoms with van der Waals surface area (Å²) in [6, 6.07) is 0. The van der Waals surface area contributed by atoms with Gasteiger partial charge < -0.3 is 0 Å². The highest BCUT2D eigenvalue weighted by atomic mass is 13.8. The Morgan fingerprint density at radius 2 is 2.11 bits per heavy atom. The Kier molecular flexibility index (Phi) is 4.57. The molecule has 0 aromatic heterocycles. The summed E-state index contributed by atoms with van der Waals surface area (Å²) in [7, 11) is 0. The van der Waals surface area contributed by atoms with Gasteiger partial charge in [0.25, 0.3) is 0 Å². The Morgan fingerprint density at radius 3 is 2.56 bits per heavy atom. The van der Waals surface area contributed by atoms with E-state index < -0.39 is 0 Å². The minimum atomic E-state index is 1.06. The van der Waals surface area contributed by atoms with Gasteiger partial charge in [-0.25, -0.2) is 0 Å². The van der Waals surface area contributed by atoms with Crippen molar-refractivity contribution < 1.29 is 0 Å². The SMILES string of the molecule is C=C=C(C)/C=C\C=C/C. The highest BCUT2D eigenvalue weighted by Crippen LogP contribution is 1.90. The third kappa shape index (κ3) is 4.86. The van der Waals surface area contributed by atoms with Crippen LogP contribution >= 0.6 is 0 Å². The lowest BCUT2D eigenvalue weighted by Crippen LogP contribution is -1.58. The molecule has 0 nitrogen and oxygen atoms in total. The fraction of sp³-hybridized carbons (Fsp3) is 0.222. The molecule has 0 aliphatic heterocycles. The van der Waals surface area contributed by atoms with Crippen molar-refractivity contribution in [3.8, 4) is 0 Å². The summed E-state index contributed by atoms with van der Waals surface area (Å²) < 4.78 is 0. The van der Waals surface area contributed by atoms with Crippen LogP contribution in [0.2, 0.25) is 0 Å². The van der Waals surface area contributed by atoms with Gasteiger partial charge in [0.15, 0.2) is 0 Å². The van der Waals surface area contributed by atoms with Crippen LogP contribution in [0.15, 0.2) is 42.2 Å². The highest BCUT2D eigenvalue weighted by molar-refractivity contribution is 5.18. The van der Waals surface area contributed by atoms with Crippen LogP contribution in [-0.4, -0.2) is 0 Å². The van der Waals surface area contributed by atoms with Crippen LogP contribution in [0.25, 0.3) is 0 Å². The normalized spacial score (nSPS) is 10.4. The minimum absolute atomic E-state index is 1.06. The molecule has 9 heavy (non-hydrogen) atoms. The Labute approximate surface area is 56.9 Å². The lowest BCUT2D eigenvalue weighted by atomic mass is 10.3. The molecule has 48 valence electrons. The summed E-state index contributed by atoms with van der Waals surface area (Å²) >= 11 is 0. The van der Waals surface area contributed by atoms with E-state index in [1.54, 1.807) is 0 Å². The van der Waals surface area contributed by atoms with Crippen LogP contribution in [0.3, 0.4) is 0 Å². The third-order valence-corrected chi connectivity index (χ3v) is 0.929. The summed E-state index contributed by atoms with van der Waals surface area (Å²) in [5.74, 6) is 0. The van der Waals surface area contributed by atoms with E-state index in [4.69, 9.17) is 0 Å². The van der Waals surface area contributed by atoms with Crippen molar-refractivity contribution in [2.75, 3.05) is 0 Å². The molecule has 0 heteroatoms. The summed E-state index contributed by atoms with van der Waals surface area (Å²) in [5, 5.41) is 0. The van der Waals surface area contributed by atoms with Gasteiger partial charge in [-0.2, -0.15) is 0 Å². The molecule has 0 radical (unpaired) electrons. The molecule has 0 unspecified atom stereocenters. The molecule has 0 saturated carbocycles. The smallest absolute Gasteiger partial charge is 0.00976 e. The zero-order chi connectivity index (χ0) is 7.11. The van der Waals surface area contributed by atoms with Crippen LogP contribution in [0.4, 0.5) is 0 Å². The lowest BCUT2D eigenvalue weighted by Gasteiger charge is -1.78. The van der Waals surface area contributed by atoms with Crippen molar-refractivity contribution in [1.29, 1.82) is 0 Å². The molecule has 0 heterocycles. The first-order valence-corrected chi connectivity index (χ1v) is 2.97. The predicted octanol–water partition coefficient (Wildman–Crippen LogP) is 2.85. The van der Waals surface area contributed by atoms with E-state index in [1.165, 1.54) is 0 Å². The van der Waals surface area contributed by atoms with E-state index in [1.807, 2.05) is 38.2 Å². The fourth-order valence-electron chi connectivity index (χ4n) is 0.370. The van der Waals surface area contributed by atoms with Crippen LogP contribution in [0.5, 0.6) is 0 Å². The van der Waals surface area contributed by atoms with Gasteiger partial charge in [-0.15, -0.1) is 5.73 Å². The molecule has 0 bridgehead atoms. The summed E-state index contributed by atoms with van der Waals surface area (Å²) in [4.78, 5) is 0. The minimum Gasteiger partial charge on any atom is -0.125 e. The Bertz CT molecular complexity index is 164. The summed E-state index contributed by atoms with van der Waals surface area (Å²) in [6.45, 7) is 7.45. The van der Waals surface area contributed by atoms with Gasteiger partial charge in [0.2, 0.25) is 0 Å².